The third-order valence-electron chi connectivity index (χ3n) is 6.32. The lowest BCUT2D eigenvalue weighted by Crippen LogP contribution is -2.32. The SMILES string of the molecule is C=C1CCC(C)(CCCC(C)CCCC(C)CCCC(C)C)O/C1=C/CC. The second-order valence-corrected chi connectivity index (χ2v) is 9.99. The van der Waals surface area contributed by atoms with Gasteiger partial charge in [-0.25, -0.2) is 0 Å². The number of ether oxygens (including phenoxy) is 1. The Morgan fingerprint density at radius 1 is 0.963 bits per heavy atom. The molecule has 0 amide bonds. The zero-order valence-corrected chi connectivity index (χ0v) is 19.4. The quantitative estimate of drug-likeness (QED) is 0.312. The van der Waals surface area contributed by atoms with Crippen LogP contribution >= 0.6 is 0 Å². The fourth-order valence-electron chi connectivity index (χ4n) is 4.28. The largest absolute Gasteiger partial charge is 0.488 e. The molecular weight excluding hydrogens is 328 g/mol. The fourth-order valence-corrected chi connectivity index (χ4v) is 4.28. The molecule has 0 radical (unpaired) electrons. The van der Waals surface area contributed by atoms with Crippen molar-refractivity contribution in [2.24, 2.45) is 17.8 Å². The molecule has 1 heteroatoms. The van der Waals surface area contributed by atoms with Gasteiger partial charge in [-0.3, -0.25) is 0 Å². The molecule has 0 aliphatic carbocycles. The number of allylic oxidation sites excluding steroid dienone is 2. The average molecular weight is 377 g/mol. The Morgan fingerprint density at radius 2 is 1.52 bits per heavy atom. The number of hydrogen-bond donors (Lipinski definition) is 0. The van der Waals surface area contributed by atoms with Crippen LogP contribution in [0.25, 0.3) is 0 Å². The molecule has 0 aromatic carbocycles. The second kappa shape index (κ2) is 12.7. The van der Waals surface area contributed by atoms with E-state index in [1.54, 1.807) is 0 Å². The highest BCUT2D eigenvalue weighted by Crippen LogP contribution is 2.37. The molecule has 0 bridgehead atoms. The second-order valence-electron chi connectivity index (χ2n) is 9.99. The number of rotatable bonds is 13. The molecule has 3 atom stereocenters. The Kier molecular flexibility index (Phi) is 11.4. The summed E-state index contributed by atoms with van der Waals surface area (Å²) in [5.74, 6) is 3.67. The molecule has 1 nitrogen and oxygen atoms in total. The Balaban J connectivity index is 2.18. The van der Waals surface area contributed by atoms with Crippen LogP contribution < -0.4 is 0 Å². The van der Waals surface area contributed by atoms with E-state index in [0.29, 0.717) is 0 Å². The molecule has 1 rings (SSSR count). The molecular formula is C26H48O. The average Bonchev–Trinajstić information content (AvgIpc) is 2.58. The van der Waals surface area contributed by atoms with E-state index in [2.05, 4.69) is 54.2 Å². The summed E-state index contributed by atoms with van der Waals surface area (Å²) in [5, 5.41) is 0. The van der Waals surface area contributed by atoms with E-state index in [1.807, 2.05) is 0 Å². The van der Waals surface area contributed by atoms with Crippen LogP contribution in [0, 0.1) is 17.8 Å². The van der Waals surface area contributed by atoms with Crippen molar-refractivity contribution in [1.29, 1.82) is 0 Å². The van der Waals surface area contributed by atoms with Crippen LogP contribution in [0.4, 0.5) is 0 Å². The van der Waals surface area contributed by atoms with Crippen molar-refractivity contribution in [2.45, 2.75) is 124 Å². The minimum atomic E-state index is 0.0207. The molecule has 1 saturated heterocycles. The predicted octanol–water partition coefficient (Wildman–Crippen LogP) is 8.84. The van der Waals surface area contributed by atoms with Gasteiger partial charge in [-0.05, 0) is 68.4 Å². The lowest BCUT2D eigenvalue weighted by atomic mass is 9.86. The molecule has 0 aromatic heterocycles. The van der Waals surface area contributed by atoms with Crippen molar-refractivity contribution < 1.29 is 4.74 Å². The highest BCUT2D eigenvalue weighted by molar-refractivity contribution is 5.26. The van der Waals surface area contributed by atoms with Crippen LogP contribution in [-0.2, 0) is 4.74 Å². The fraction of sp³-hybridized carbons (Fsp3) is 0.846. The van der Waals surface area contributed by atoms with Gasteiger partial charge in [0.05, 0.1) is 0 Å². The molecule has 1 aliphatic heterocycles. The maximum Gasteiger partial charge on any atom is 0.118 e. The van der Waals surface area contributed by atoms with Crippen LogP contribution in [0.5, 0.6) is 0 Å². The molecule has 1 heterocycles. The van der Waals surface area contributed by atoms with Gasteiger partial charge in [0.15, 0.2) is 0 Å². The Morgan fingerprint density at radius 3 is 2.07 bits per heavy atom. The van der Waals surface area contributed by atoms with Crippen molar-refractivity contribution in [1.82, 2.24) is 0 Å². The van der Waals surface area contributed by atoms with Crippen LogP contribution in [0.1, 0.15) is 119 Å². The molecule has 0 N–H and O–H groups in total. The third-order valence-corrected chi connectivity index (χ3v) is 6.32. The summed E-state index contributed by atoms with van der Waals surface area (Å²) in [4.78, 5) is 0. The van der Waals surface area contributed by atoms with E-state index in [1.165, 1.54) is 63.4 Å². The summed E-state index contributed by atoms with van der Waals surface area (Å²) in [7, 11) is 0. The molecule has 0 aromatic rings. The van der Waals surface area contributed by atoms with Gasteiger partial charge in [0.2, 0.25) is 0 Å². The summed E-state index contributed by atoms with van der Waals surface area (Å²) < 4.78 is 6.34. The van der Waals surface area contributed by atoms with E-state index in [4.69, 9.17) is 4.74 Å². The van der Waals surface area contributed by atoms with Gasteiger partial charge >= 0.3 is 0 Å². The van der Waals surface area contributed by atoms with Crippen molar-refractivity contribution in [2.75, 3.05) is 0 Å². The van der Waals surface area contributed by atoms with Gasteiger partial charge < -0.3 is 4.74 Å². The first-order valence-corrected chi connectivity index (χ1v) is 11.8. The molecule has 1 aliphatic rings. The van der Waals surface area contributed by atoms with Gasteiger partial charge in [0.25, 0.3) is 0 Å². The van der Waals surface area contributed by atoms with Crippen LogP contribution in [-0.4, -0.2) is 5.60 Å². The monoisotopic (exact) mass is 376 g/mol. The molecule has 0 saturated carbocycles. The lowest BCUT2D eigenvalue weighted by molar-refractivity contribution is -0.0108. The highest BCUT2D eigenvalue weighted by atomic mass is 16.5. The van der Waals surface area contributed by atoms with Gasteiger partial charge in [-0.2, -0.15) is 0 Å². The minimum Gasteiger partial charge on any atom is -0.488 e. The van der Waals surface area contributed by atoms with Crippen LogP contribution in [0.3, 0.4) is 0 Å². The van der Waals surface area contributed by atoms with Crippen LogP contribution in [0.15, 0.2) is 24.0 Å². The van der Waals surface area contributed by atoms with Crippen molar-refractivity contribution in [3.8, 4) is 0 Å². The van der Waals surface area contributed by atoms with Gasteiger partial charge in [-0.15, -0.1) is 0 Å². The molecule has 1 fully saturated rings. The molecule has 158 valence electrons. The maximum absolute atomic E-state index is 6.34. The van der Waals surface area contributed by atoms with Crippen molar-refractivity contribution in [3.05, 3.63) is 24.0 Å². The number of hydrogen-bond acceptors (Lipinski definition) is 1. The summed E-state index contributed by atoms with van der Waals surface area (Å²) >= 11 is 0. The van der Waals surface area contributed by atoms with Gasteiger partial charge in [-0.1, -0.05) is 86.1 Å². The first-order valence-electron chi connectivity index (χ1n) is 11.8. The van der Waals surface area contributed by atoms with E-state index >= 15 is 0 Å². The summed E-state index contributed by atoms with van der Waals surface area (Å²) in [6.45, 7) is 18.2. The Bertz CT molecular complexity index is 447. The Hall–Kier alpha value is -0.720. The van der Waals surface area contributed by atoms with E-state index < -0.39 is 0 Å². The topological polar surface area (TPSA) is 9.23 Å². The first-order chi connectivity index (χ1) is 12.8. The van der Waals surface area contributed by atoms with Crippen LogP contribution in [0.2, 0.25) is 0 Å². The normalized spacial score (nSPS) is 24.3. The van der Waals surface area contributed by atoms with Crippen molar-refractivity contribution >= 4 is 0 Å². The predicted molar refractivity (Wildman–Crippen MR) is 121 cm³/mol. The highest BCUT2D eigenvalue weighted by Gasteiger charge is 2.31. The lowest BCUT2D eigenvalue weighted by Gasteiger charge is -2.37. The first kappa shape index (κ1) is 24.3. The Labute approximate surface area is 171 Å². The summed E-state index contributed by atoms with van der Waals surface area (Å²) in [5.41, 5.74) is 1.21. The van der Waals surface area contributed by atoms with Gasteiger partial charge in [0, 0.05) is 0 Å². The summed E-state index contributed by atoms with van der Waals surface area (Å²) in [6, 6.07) is 0. The van der Waals surface area contributed by atoms with E-state index in [9.17, 15) is 0 Å². The molecule has 0 spiro atoms. The zero-order chi connectivity index (χ0) is 20.3. The molecule has 3 unspecified atom stereocenters. The van der Waals surface area contributed by atoms with Crippen molar-refractivity contribution in [3.63, 3.8) is 0 Å². The third kappa shape index (κ3) is 10.4. The van der Waals surface area contributed by atoms with Gasteiger partial charge in [0.1, 0.15) is 11.4 Å². The van der Waals surface area contributed by atoms with E-state index in [0.717, 1.165) is 42.8 Å². The maximum atomic E-state index is 6.34. The molecule has 27 heavy (non-hydrogen) atoms. The minimum absolute atomic E-state index is 0.0207. The smallest absolute Gasteiger partial charge is 0.118 e. The summed E-state index contributed by atoms with van der Waals surface area (Å²) in [6.07, 6.45) is 17.7. The standard InChI is InChI=1S/C26H48O/c1-8-12-25-24(6)18-20-26(7,27-25)19-11-17-23(5)16-10-15-22(4)14-9-13-21(2)3/h12,21-23H,6,8-11,13-20H2,1-5,7H3/b25-12+. The zero-order valence-electron chi connectivity index (χ0n) is 19.4. The van der Waals surface area contributed by atoms with E-state index in [-0.39, 0.29) is 5.60 Å².